The molecule has 3 aromatic rings. The van der Waals surface area contributed by atoms with E-state index < -0.39 is 11.6 Å². The Kier molecular flexibility index (Phi) is 8.16. The Morgan fingerprint density at radius 3 is 2.44 bits per heavy atom. The first-order chi connectivity index (χ1) is 15.5. The van der Waals surface area contributed by atoms with Gasteiger partial charge in [0.05, 0.1) is 13.5 Å². The van der Waals surface area contributed by atoms with Crippen LogP contribution in [0.15, 0.2) is 66.7 Å². The summed E-state index contributed by atoms with van der Waals surface area (Å²) in [6, 6.07) is 18.2. The van der Waals surface area contributed by atoms with Crippen molar-refractivity contribution in [1.82, 2.24) is 4.90 Å². The molecule has 0 unspecified atom stereocenters. The summed E-state index contributed by atoms with van der Waals surface area (Å²) in [7, 11) is 1.50. The molecule has 7 heteroatoms. The normalized spacial score (nSPS) is 10.6. The molecule has 0 heterocycles. The van der Waals surface area contributed by atoms with Gasteiger partial charge in [0.15, 0.2) is 11.5 Å². The zero-order chi connectivity index (χ0) is 22.9. The van der Waals surface area contributed by atoms with E-state index in [4.69, 9.17) is 15.2 Å². The molecule has 0 aliphatic heterocycles. The molecule has 0 aliphatic rings. The summed E-state index contributed by atoms with van der Waals surface area (Å²) in [5.41, 5.74) is 7.74. The number of benzene rings is 3. The maximum atomic E-state index is 13.8. The van der Waals surface area contributed by atoms with Crippen molar-refractivity contribution in [2.24, 2.45) is 5.73 Å². The van der Waals surface area contributed by atoms with Crippen LogP contribution in [0, 0.1) is 11.6 Å². The summed E-state index contributed by atoms with van der Waals surface area (Å²) in [5.74, 6) is -0.464. The first-order valence-corrected chi connectivity index (χ1v) is 10.3. The van der Waals surface area contributed by atoms with Gasteiger partial charge in [0.1, 0.15) is 18.2 Å². The fourth-order valence-electron chi connectivity index (χ4n) is 3.27. The van der Waals surface area contributed by atoms with Gasteiger partial charge in [0.25, 0.3) is 0 Å². The van der Waals surface area contributed by atoms with Gasteiger partial charge in [-0.15, -0.1) is 0 Å². The number of carbonyl (C=O) groups is 1. The van der Waals surface area contributed by atoms with Gasteiger partial charge in [-0.1, -0.05) is 36.4 Å². The average molecular weight is 440 g/mol. The first kappa shape index (κ1) is 23.2. The number of amides is 1. The minimum absolute atomic E-state index is 0.0206. The molecular formula is C25H26F2N2O3. The number of ether oxygens (including phenoxy) is 2. The number of nitrogens with two attached hydrogens (primary N) is 1. The van der Waals surface area contributed by atoms with Gasteiger partial charge in [-0.3, -0.25) is 4.79 Å². The van der Waals surface area contributed by atoms with E-state index in [1.807, 2.05) is 36.4 Å². The molecule has 3 rings (SSSR count). The van der Waals surface area contributed by atoms with Crippen molar-refractivity contribution < 1.29 is 23.0 Å². The van der Waals surface area contributed by atoms with Gasteiger partial charge in [0, 0.05) is 31.3 Å². The predicted molar refractivity (Wildman–Crippen MR) is 118 cm³/mol. The molecule has 0 radical (unpaired) electrons. The number of halogens is 2. The molecule has 0 saturated heterocycles. The minimum Gasteiger partial charge on any atom is -0.493 e. The second-order valence-electron chi connectivity index (χ2n) is 7.28. The molecule has 5 nitrogen and oxygen atoms in total. The lowest BCUT2D eigenvalue weighted by molar-refractivity contribution is -0.131. The summed E-state index contributed by atoms with van der Waals surface area (Å²) in [6.07, 6.45) is 0.294. The number of hydrogen-bond acceptors (Lipinski definition) is 4. The molecule has 0 aromatic heterocycles. The smallest absolute Gasteiger partial charge is 0.227 e. The summed E-state index contributed by atoms with van der Waals surface area (Å²) in [4.78, 5) is 14.5. The highest BCUT2D eigenvalue weighted by Gasteiger charge is 2.16. The van der Waals surface area contributed by atoms with Crippen molar-refractivity contribution in [2.75, 3.05) is 20.2 Å². The van der Waals surface area contributed by atoms with Gasteiger partial charge in [-0.2, -0.15) is 0 Å². The molecule has 0 aliphatic carbocycles. The van der Waals surface area contributed by atoms with Crippen molar-refractivity contribution in [3.63, 3.8) is 0 Å². The Bertz CT molecular complexity index is 1040. The summed E-state index contributed by atoms with van der Waals surface area (Å²) >= 11 is 0. The third kappa shape index (κ3) is 6.28. The molecular weight excluding hydrogens is 414 g/mol. The average Bonchev–Trinajstić information content (AvgIpc) is 2.79. The van der Waals surface area contributed by atoms with E-state index in [-0.39, 0.29) is 18.1 Å². The fraction of sp³-hybridized carbons (Fsp3) is 0.240. The number of nitrogens with zero attached hydrogens (tertiary/aromatic N) is 1. The Morgan fingerprint density at radius 1 is 0.969 bits per heavy atom. The first-order valence-electron chi connectivity index (χ1n) is 10.3. The lowest BCUT2D eigenvalue weighted by atomic mass is 10.1. The van der Waals surface area contributed by atoms with E-state index in [1.54, 1.807) is 17.0 Å². The van der Waals surface area contributed by atoms with Crippen LogP contribution in [0.4, 0.5) is 8.78 Å². The van der Waals surface area contributed by atoms with E-state index in [1.165, 1.54) is 19.2 Å². The Labute approximate surface area is 186 Å². The summed E-state index contributed by atoms with van der Waals surface area (Å²) < 4.78 is 38.0. The number of carbonyl (C=O) groups excluding carboxylic acids is 1. The highest BCUT2D eigenvalue weighted by molar-refractivity contribution is 5.78. The van der Waals surface area contributed by atoms with E-state index in [2.05, 4.69) is 0 Å². The maximum Gasteiger partial charge on any atom is 0.227 e. The Hall–Kier alpha value is -3.45. The van der Waals surface area contributed by atoms with Crippen molar-refractivity contribution in [1.29, 1.82) is 0 Å². The Morgan fingerprint density at radius 2 is 1.75 bits per heavy atom. The van der Waals surface area contributed by atoms with Gasteiger partial charge in [-0.05, 0) is 35.4 Å². The summed E-state index contributed by atoms with van der Waals surface area (Å²) in [5, 5.41) is 0. The lowest BCUT2D eigenvalue weighted by Gasteiger charge is -2.23. The zero-order valence-corrected chi connectivity index (χ0v) is 17.9. The predicted octanol–water partition coefficient (Wildman–Crippen LogP) is 4.08. The van der Waals surface area contributed by atoms with Gasteiger partial charge in [0.2, 0.25) is 5.91 Å². The van der Waals surface area contributed by atoms with Crippen LogP contribution in [0.25, 0.3) is 0 Å². The number of methoxy groups -OCH3 is 1. The maximum absolute atomic E-state index is 13.8. The molecule has 1 amide bonds. The van der Waals surface area contributed by atoms with Crippen LogP contribution in [0.3, 0.4) is 0 Å². The van der Waals surface area contributed by atoms with Crippen LogP contribution < -0.4 is 15.2 Å². The van der Waals surface area contributed by atoms with Crippen LogP contribution in [-0.4, -0.2) is 31.0 Å². The van der Waals surface area contributed by atoms with E-state index >= 15 is 0 Å². The third-order valence-corrected chi connectivity index (χ3v) is 4.95. The third-order valence-electron chi connectivity index (χ3n) is 4.95. The molecule has 0 bridgehead atoms. The molecule has 0 saturated carbocycles. The highest BCUT2D eigenvalue weighted by Crippen LogP contribution is 2.29. The SMILES string of the molecule is COc1cc(CN(CCN)C(=O)Cc2ccccc2)ccc1OCc1ccc(F)cc1F. The van der Waals surface area contributed by atoms with Crippen LogP contribution in [-0.2, 0) is 24.4 Å². The minimum atomic E-state index is -0.671. The van der Waals surface area contributed by atoms with Crippen LogP contribution in [0.5, 0.6) is 11.5 Å². The monoisotopic (exact) mass is 440 g/mol. The molecule has 2 N–H and O–H groups in total. The van der Waals surface area contributed by atoms with Crippen LogP contribution in [0.2, 0.25) is 0 Å². The highest BCUT2D eigenvalue weighted by atomic mass is 19.1. The molecule has 168 valence electrons. The Balaban J connectivity index is 1.69. The number of hydrogen-bond donors (Lipinski definition) is 1. The molecule has 0 fully saturated rings. The van der Waals surface area contributed by atoms with E-state index in [0.717, 1.165) is 17.2 Å². The summed E-state index contributed by atoms with van der Waals surface area (Å²) in [6.45, 7) is 1.07. The van der Waals surface area contributed by atoms with Gasteiger partial charge < -0.3 is 20.1 Å². The van der Waals surface area contributed by atoms with Crippen molar-refractivity contribution in [2.45, 2.75) is 19.6 Å². The molecule has 3 aromatic carbocycles. The number of rotatable bonds is 10. The standard InChI is InChI=1S/C25H26F2N2O3/c1-31-24-13-19(7-10-23(24)32-17-20-8-9-21(26)15-22(20)27)16-29(12-11-28)25(30)14-18-5-3-2-4-6-18/h2-10,13,15H,11-12,14,16-17,28H2,1H3. The van der Waals surface area contributed by atoms with E-state index in [0.29, 0.717) is 37.6 Å². The van der Waals surface area contributed by atoms with Crippen molar-refractivity contribution in [3.05, 3.63) is 95.1 Å². The topological polar surface area (TPSA) is 64.8 Å². The van der Waals surface area contributed by atoms with Crippen molar-refractivity contribution >= 4 is 5.91 Å². The van der Waals surface area contributed by atoms with Gasteiger partial charge in [-0.25, -0.2) is 8.78 Å². The molecule has 0 spiro atoms. The van der Waals surface area contributed by atoms with E-state index in [9.17, 15) is 13.6 Å². The lowest BCUT2D eigenvalue weighted by Crippen LogP contribution is -2.35. The quantitative estimate of drug-likeness (QED) is 0.516. The van der Waals surface area contributed by atoms with Crippen LogP contribution >= 0.6 is 0 Å². The largest absolute Gasteiger partial charge is 0.493 e. The fourth-order valence-corrected chi connectivity index (χ4v) is 3.27. The molecule has 32 heavy (non-hydrogen) atoms. The van der Waals surface area contributed by atoms with Gasteiger partial charge >= 0.3 is 0 Å². The van der Waals surface area contributed by atoms with Crippen LogP contribution in [0.1, 0.15) is 16.7 Å². The van der Waals surface area contributed by atoms with Crippen molar-refractivity contribution in [3.8, 4) is 11.5 Å². The zero-order valence-electron chi connectivity index (χ0n) is 17.9. The second kappa shape index (κ2) is 11.2. The molecule has 0 atom stereocenters. The second-order valence-corrected chi connectivity index (χ2v) is 7.28.